The number of nitrogens with zero attached hydrogens (tertiary/aromatic N) is 3. The molecular weight excluding hydrogens is 481 g/mol. The lowest BCUT2D eigenvalue weighted by Crippen LogP contribution is -2.19. The van der Waals surface area contributed by atoms with Crippen molar-refractivity contribution < 1.29 is 13.2 Å². The summed E-state index contributed by atoms with van der Waals surface area (Å²) < 4.78 is 40.9. The highest BCUT2D eigenvalue weighted by atomic mass is 79.9. The molecule has 0 saturated carbocycles. The van der Waals surface area contributed by atoms with Crippen molar-refractivity contribution in [2.24, 2.45) is 0 Å². The van der Waals surface area contributed by atoms with Gasteiger partial charge < -0.3 is 0 Å². The van der Waals surface area contributed by atoms with Crippen LogP contribution < -0.4 is 5.69 Å². The predicted molar refractivity (Wildman–Crippen MR) is 112 cm³/mol. The van der Waals surface area contributed by atoms with Crippen LogP contribution in [0.15, 0.2) is 63.0 Å². The third-order valence-corrected chi connectivity index (χ3v) is 5.89. The van der Waals surface area contributed by atoms with Crippen LogP contribution >= 0.6 is 27.7 Å². The minimum Gasteiger partial charge on any atom is -0.285 e. The van der Waals surface area contributed by atoms with E-state index in [2.05, 4.69) is 31.0 Å². The van der Waals surface area contributed by atoms with Gasteiger partial charge in [-0.2, -0.15) is 22.8 Å². The fourth-order valence-corrected chi connectivity index (χ4v) is 4.10. The van der Waals surface area contributed by atoms with Gasteiger partial charge in [-0.3, -0.25) is 4.98 Å². The third kappa shape index (κ3) is 4.15. The largest absolute Gasteiger partial charge is 0.416 e. The van der Waals surface area contributed by atoms with E-state index in [0.717, 1.165) is 39.5 Å². The first-order valence-electron chi connectivity index (χ1n) is 8.77. The lowest BCUT2D eigenvalue weighted by molar-refractivity contribution is -0.137. The summed E-state index contributed by atoms with van der Waals surface area (Å²) in [6.07, 6.45) is -4.40. The van der Waals surface area contributed by atoms with E-state index in [1.807, 2.05) is 24.3 Å². The number of aromatic nitrogens is 4. The molecule has 2 aromatic carbocycles. The molecule has 0 spiro atoms. The molecule has 4 aromatic rings. The van der Waals surface area contributed by atoms with E-state index in [9.17, 15) is 18.0 Å². The summed E-state index contributed by atoms with van der Waals surface area (Å²) in [6.45, 7) is 1.79. The van der Waals surface area contributed by atoms with E-state index in [1.165, 1.54) is 10.6 Å². The summed E-state index contributed by atoms with van der Waals surface area (Å²) in [5, 5.41) is 4.58. The average Bonchev–Trinajstić information content (AvgIpc) is 3.03. The molecule has 2 aromatic heterocycles. The molecule has 0 bridgehead atoms. The summed E-state index contributed by atoms with van der Waals surface area (Å²) in [5.41, 5.74) is 1.95. The van der Waals surface area contributed by atoms with Crippen molar-refractivity contribution in [1.82, 2.24) is 19.6 Å². The van der Waals surface area contributed by atoms with Crippen LogP contribution in [0, 0.1) is 6.92 Å². The molecule has 0 aliphatic rings. The van der Waals surface area contributed by atoms with Crippen molar-refractivity contribution in [1.29, 1.82) is 0 Å². The summed E-state index contributed by atoms with van der Waals surface area (Å²) in [4.78, 5) is 19.6. The molecule has 4 rings (SSSR count). The zero-order chi connectivity index (χ0) is 21.5. The van der Waals surface area contributed by atoms with Crippen LogP contribution in [-0.2, 0) is 11.9 Å². The first-order chi connectivity index (χ1) is 14.2. The van der Waals surface area contributed by atoms with Crippen molar-refractivity contribution >= 4 is 33.3 Å². The highest BCUT2D eigenvalue weighted by molar-refractivity contribution is 9.10. The van der Waals surface area contributed by atoms with E-state index in [-0.39, 0.29) is 5.75 Å². The lowest BCUT2D eigenvalue weighted by atomic mass is 10.1. The van der Waals surface area contributed by atoms with Gasteiger partial charge in [-0.05, 0) is 36.2 Å². The fraction of sp³-hybridized carbons (Fsp3) is 0.150. The molecule has 0 radical (unpaired) electrons. The van der Waals surface area contributed by atoms with E-state index in [4.69, 9.17) is 0 Å². The number of hydrogen-bond donors (Lipinski definition) is 1. The molecule has 0 aliphatic carbocycles. The zero-order valence-electron chi connectivity index (χ0n) is 15.5. The highest BCUT2D eigenvalue weighted by Crippen LogP contribution is 2.31. The molecule has 0 saturated heterocycles. The summed E-state index contributed by atoms with van der Waals surface area (Å²) in [5.74, 6) is 0.226. The molecule has 0 amide bonds. The van der Waals surface area contributed by atoms with Crippen molar-refractivity contribution in [2.75, 3.05) is 0 Å². The van der Waals surface area contributed by atoms with E-state index >= 15 is 0 Å². The summed E-state index contributed by atoms with van der Waals surface area (Å²) in [7, 11) is 0. The Hall–Kier alpha value is -2.59. The van der Waals surface area contributed by atoms with E-state index in [0.29, 0.717) is 22.1 Å². The fourth-order valence-electron chi connectivity index (χ4n) is 3.04. The number of hydrogen-bond acceptors (Lipinski definition) is 4. The van der Waals surface area contributed by atoms with Gasteiger partial charge in [-0.15, -0.1) is 0 Å². The molecule has 30 heavy (non-hydrogen) atoms. The van der Waals surface area contributed by atoms with Crippen molar-refractivity contribution in [3.63, 3.8) is 0 Å². The van der Waals surface area contributed by atoms with Gasteiger partial charge in [0.05, 0.1) is 11.3 Å². The molecule has 2 heterocycles. The lowest BCUT2D eigenvalue weighted by Gasteiger charge is -2.08. The van der Waals surface area contributed by atoms with Crippen molar-refractivity contribution in [3.8, 4) is 11.1 Å². The van der Waals surface area contributed by atoms with Crippen LogP contribution in [-0.4, -0.2) is 19.6 Å². The van der Waals surface area contributed by atoms with Gasteiger partial charge in [0.15, 0.2) is 10.8 Å². The maximum atomic E-state index is 12.9. The highest BCUT2D eigenvalue weighted by Gasteiger charge is 2.30. The maximum Gasteiger partial charge on any atom is 0.416 e. The molecular formula is C20H14BrF3N4OS. The number of fused-ring (bicyclic) bond motifs is 1. The first-order valence-corrected chi connectivity index (χ1v) is 10.5. The Bertz CT molecular complexity index is 1280. The Morgan fingerprint density at radius 1 is 1.17 bits per heavy atom. The Morgan fingerprint density at radius 3 is 2.60 bits per heavy atom. The molecule has 1 N–H and O–H groups in total. The minimum atomic E-state index is -4.40. The molecule has 154 valence electrons. The Morgan fingerprint density at radius 2 is 1.90 bits per heavy atom. The second-order valence-electron chi connectivity index (χ2n) is 6.54. The number of nitrogens with one attached hydrogen (secondary N) is 1. The molecule has 10 heteroatoms. The van der Waals surface area contributed by atoms with Gasteiger partial charge in [0.2, 0.25) is 0 Å². The molecule has 0 unspecified atom stereocenters. The Kier molecular flexibility index (Phi) is 5.46. The normalized spacial score (nSPS) is 11.9. The number of rotatable bonds is 4. The van der Waals surface area contributed by atoms with E-state index in [1.54, 1.807) is 13.0 Å². The van der Waals surface area contributed by atoms with Gasteiger partial charge in [0.1, 0.15) is 0 Å². The van der Waals surface area contributed by atoms with Crippen LogP contribution in [0.3, 0.4) is 0 Å². The standard InChI is InChI=1S/C20H14BrF3N4OS/c1-11-16(13-5-7-15(21)8-6-13)17-25-18(26-19(29)28(17)27-11)30-10-12-3-2-4-14(9-12)20(22,23)24/h2-9H,10H2,1H3,(H,25,26,29). The first kappa shape index (κ1) is 20.7. The summed E-state index contributed by atoms with van der Waals surface area (Å²) in [6, 6.07) is 12.7. The quantitative estimate of drug-likeness (QED) is 0.382. The van der Waals surface area contributed by atoms with Crippen LogP contribution in [0.5, 0.6) is 0 Å². The monoisotopic (exact) mass is 494 g/mol. The van der Waals surface area contributed by atoms with Crippen molar-refractivity contribution in [2.45, 2.75) is 24.0 Å². The maximum absolute atomic E-state index is 12.9. The van der Waals surface area contributed by atoms with Crippen LogP contribution in [0.1, 0.15) is 16.8 Å². The minimum absolute atomic E-state index is 0.226. The smallest absolute Gasteiger partial charge is 0.285 e. The number of H-pyrrole nitrogens is 1. The second-order valence-corrected chi connectivity index (χ2v) is 8.42. The Labute approximate surface area is 181 Å². The van der Waals surface area contributed by atoms with Crippen LogP contribution in [0.4, 0.5) is 13.2 Å². The number of aryl methyl sites for hydroxylation is 1. The van der Waals surface area contributed by atoms with Gasteiger partial charge in [0, 0.05) is 15.8 Å². The number of alkyl halides is 3. The number of thioether (sulfide) groups is 1. The summed E-state index contributed by atoms with van der Waals surface area (Å²) >= 11 is 4.55. The van der Waals surface area contributed by atoms with Gasteiger partial charge in [0.25, 0.3) is 0 Å². The SMILES string of the molecule is Cc1nn2c(=O)[nH]c(SCc3cccc(C(F)(F)F)c3)nc2c1-c1ccc(Br)cc1. The zero-order valence-corrected chi connectivity index (χ0v) is 17.9. The predicted octanol–water partition coefficient (Wildman–Crippen LogP) is 5.47. The molecule has 0 atom stereocenters. The third-order valence-electron chi connectivity index (χ3n) is 4.41. The van der Waals surface area contributed by atoms with Gasteiger partial charge >= 0.3 is 11.9 Å². The van der Waals surface area contributed by atoms with Crippen molar-refractivity contribution in [3.05, 3.63) is 80.3 Å². The van der Waals surface area contributed by atoms with Crippen LogP contribution in [0.25, 0.3) is 16.8 Å². The second kappa shape index (κ2) is 7.92. The van der Waals surface area contributed by atoms with Gasteiger partial charge in [-0.25, -0.2) is 9.78 Å². The van der Waals surface area contributed by atoms with Crippen LogP contribution in [0.2, 0.25) is 0 Å². The van der Waals surface area contributed by atoms with Gasteiger partial charge in [-0.1, -0.05) is 58.0 Å². The topological polar surface area (TPSA) is 63.1 Å². The Balaban J connectivity index is 1.68. The number of benzene rings is 2. The average molecular weight is 495 g/mol. The number of halogens is 4. The van der Waals surface area contributed by atoms with E-state index < -0.39 is 17.4 Å². The molecule has 5 nitrogen and oxygen atoms in total. The molecule has 0 fully saturated rings. The molecule has 0 aliphatic heterocycles. The number of aromatic amines is 1.